The molecule has 2 aromatic heterocycles. The van der Waals surface area contributed by atoms with Crippen LogP contribution in [-0.2, 0) is 9.47 Å². The summed E-state index contributed by atoms with van der Waals surface area (Å²) in [7, 11) is 0. The Morgan fingerprint density at radius 2 is 2.04 bits per heavy atom. The van der Waals surface area contributed by atoms with E-state index in [2.05, 4.69) is 25.2 Å². The molecule has 2 aliphatic rings. The van der Waals surface area contributed by atoms with Crippen LogP contribution in [0.3, 0.4) is 0 Å². The number of nitrogens with one attached hydrogen (secondary N) is 1. The van der Waals surface area contributed by atoms with Crippen molar-refractivity contribution in [1.29, 1.82) is 0 Å². The molecule has 0 radical (unpaired) electrons. The molecule has 1 atom stereocenters. The van der Waals surface area contributed by atoms with Gasteiger partial charge >= 0.3 is 0 Å². The van der Waals surface area contributed by atoms with Crippen molar-refractivity contribution in [2.24, 2.45) is 0 Å². The maximum absolute atomic E-state index is 5.88. The highest BCUT2D eigenvalue weighted by Crippen LogP contribution is 2.33. The zero-order valence-electron chi connectivity index (χ0n) is 15.5. The fourth-order valence-corrected chi connectivity index (χ4v) is 3.48. The summed E-state index contributed by atoms with van der Waals surface area (Å²) in [6, 6.07) is 0. The van der Waals surface area contributed by atoms with Crippen LogP contribution in [0.25, 0.3) is 11.3 Å². The minimum atomic E-state index is -0.00101. The molecule has 0 unspecified atom stereocenters. The van der Waals surface area contributed by atoms with Gasteiger partial charge in [0.25, 0.3) is 0 Å². The molecule has 2 aromatic rings. The number of morpholine rings is 1. The Morgan fingerprint density at radius 3 is 2.81 bits per heavy atom. The van der Waals surface area contributed by atoms with Gasteiger partial charge in [-0.25, -0.2) is 9.97 Å². The van der Waals surface area contributed by atoms with E-state index in [-0.39, 0.29) is 6.10 Å². The topological polar surface area (TPSA) is 85.3 Å². The number of ether oxygens (including phenoxy) is 2. The molecule has 0 aliphatic carbocycles. The predicted octanol–water partition coefficient (Wildman–Crippen LogP) is 1.92. The summed E-state index contributed by atoms with van der Waals surface area (Å²) in [5.41, 5.74) is 2.58. The molecule has 2 aliphatic heterocycles. The summed E-state index contributed by atoms with van der Waals surface area (Å²) in [5.74, 6) is 0.648. The van der Waals surface area contributed by atoms with E-state index in [1.807, 2.05) is 6.20 Å². The number of hydrogen-bond donors (Lipinski definition) is 1. The Balaban J connectivity index is 1.41. The average Bonchev–Trinajstić information content (AvgIpc) is 3.27. The van der Waals surface area contributed by atoms with Gasteiger partial charge in [-0.2, -0.15) is 0 Å². The van der Waals surface area contributed by atoms with Gasteiger partial charge in [0.2, 0.25) is 5.95 Å². The molecule has 4 heterocycles. The van der Waals surface area contributed by atoms with Gasteiger partial charge in [0.05, 0.1) is 30.8 Å². The highest BCUT2D eigenvalue weighted by atomic mass is 16.5. The zero-order valence-corrected chi connectivity index (χ0v) is 15.5. The summed E-state index contributed by atoms with van der Waals surface area (Å²) < 4.78 is 11.3. The molecule has 144 valence electrons. The summed E-state index contributed by atoms with van der Waals surface area (Å²) in [4.78, 5) is 20.3. The summed E-state index contributed by atoms with van der Waals surface area (Å²) in [5, 5.41) is 3.36. The van der Waals surface area contributed by atoms with Gasteiger partial charge in [-0.1, -0.05) is 0 Å². The van der Waals surface area contributed by atoms with E-state index in [0.717, 1.165) is 82.2 Å². The molecule has 2 saturated heterocycles. The van der Waals surface area contributed by atoms with Crippen molar-refractivity contribution in [2.75, 3.05) is 51.3 Å². The first-order valence-corrected chi connectivity index (χ1v) is 9.69. The Morgan fingerprint density at radius 1 is 1.11 bits per heavy atom. The third kappa shape index (κ3) is 4.77. The fraction of sp³-hybridized carbons (Fsp3) is 0.579. The molecule has 0 aromatic carbocycles. The second kappa shape index (κ2) is 9.16. The van der Waals surface area contributed by atoms with Crippen molar-refractivity contribution in [3.8, 4) is 11.3 Å². The third-order valence-corrected chi connectivity index (χ3v) is 4.93. The second-order valence-electron chi connectivity index (χ2n) is 6.82. The van der Waals surface area contributed by atoms with E-state index in [1.165, 1.54) is 0 Å². The van der Waals surface area contributed by atoms with Crippen molar-refractivity contribution < 1.29 is 9.47 Å². The number of hydrogen-bond acceptors (Lipinski definition) is 8. The quantitative estimate of drug-likeness (QED) is 0.740. The summed E-state index contributed by atoms with van der Waals surface area (Å²) in [6.07, 6.45) is 10.00. The van der Waals surface area contributed by atoms with Crippen molar-refractivity contribution in [3.05, 3.63) is 30.5 Å². The van der Waals surface area contributed by atoms with Crippen LogP contribution in [0.15, 0.2) is 24.8 Å². The minimum absolute atomic E-state index is 0.00101. The molecule has 8 heteroatoms. The summed E-state index contributed by atoms with van der Waals surface area (Å²) >= 11 is 0. The monoisotopic (exact) mass is 370 g/mol. The normalized spacial score (nSPS) is 20.7. The smallest absolute Gasteiger partial charge is 0.222 e. The van der Waals surface area contributed by atoms with Gasteiger partial charge in [0.1, 0.15) is 6.10 Å². The number of aromatic nitrogens is 4. The number of anilines is 1. The van der Waals surface area contributed by atoms with Crippen LogP contribution < -0.4 is 5.32 Å². The lowest BCUT2D eigenvalue weighted by atomic mass is 10.1. The summed E-state index contributed by atoms with van der Waals surface area (Å²) in [6.45, 7) is 6.39. The van der Waals surface area contributed by atoms with Gasteiger partial charge in [-0.05, 0) is 25.8 Å². The van der Waals surface area contributed by atoms with Crippen LogP contribution >= 0.6 is 0 Å². The van der Waals surface area contributed by atoms with E-state index in [0.29, 0.717) is 5.95 Å². The van der Waals surface area contributed by atoms with Crippen LogP contribution in [0, 0.1) is 0 Å². The molecule has 0 amide bonds. The lowest BCUT2D eigenvalue weighted by Crippen LogP contribution is -2.37. The Hall–Kier alpha value is -2.16. The molecule has 4 rings (SSSR count). The van der Waals surface area contributed by atoms with Crippen LogP contribution in [0.2, 0.25) is 0 Å². The maximum atomic E-state index is 5.88. The highest BCUT2D eigenvalue weighted by molar-refractivity contribution is 5.61. The van der Waals surface area contributed by atoms with E-state index in [9.17, 15) is 0 Å². The van der Waals surface area contributed by atoms with E-state index in [1.54, 1.807) is 18.6 Å². The molecular formula is C19H26N6O2. The predicted molar refractivity (Wildman–Crippen MR) is 101 cm³/mol. The molecule has 0 saturated carbocycles. The standard InChI is InChI=1S/C19H26N6O2/c1-3-17(27-10-1)18-15(16-14-20-5-6-21-16)13-23-19(24-18)22-4-2-7-25-8-11-26-12-9-25/h5-6,13-14,17H,1-4,7-12H2,(H,22,23,24)/t17-/m1/s1. The zero-order chi connectivity index (χ0) is 18.3. The van der Waals surface area contributed by atoms with Gasteiger partial charge in [-0.15, -0.1) is 0 Å². The Kier molecular flexibility index (Phi) is 6.18. The molecule has 0 spiro atoms. The Labute approximate surface area is 159 Å². The lowest BCUT2D eigenvalue weighted by molar-refractivity contribution is 0.0378. The minimum Gasteiger partial charge on any atom is -0.379 e. The second-order valence-corrected chi connectivity index (χ2v) is 6.82. The van der Waals surface area contributed by atoms with Crippen molar-refractivity contribution in [1.82, 2.24) is 24.8 Å². The van der Waals surface area contributed by atoms with E-state index in [4.69, 9.17) is 14.5 Å². The molecule has 0 bridgehead atoms. The van der Waals surface area contributed by atoms with Crippen molar-refractivity contribution in [2.45, 2.75) is 25.4 Å². The van der Waals surface area contributed by atoms with E-state index >= 15 is 0 Å². The molecule has 1 N–H and O–H groups in total. The highest BCUT2D eigenvalue weighted by Gasteiger charge is 2.24. The largest absolute Gasteiger partial charge is 0.379 e. The van der Waals surface area contributed by atoms with E-state index < -0.39 is 0 Å². The lowest BCUT2D eigenvalue weighted by Gasteiger charge is -2.26. The first-order valence-electron chi connectivity index (χ1n) is 9.69. The fourth-order valence-electron chi connectivity index (χ4n) is 3.48. The maximum Gasteiger partial charge on any atom is 0.222 e. The molecule has 2 fully saturated rings. The van der Waals surface area contributed by atoms with Gasteiger partial charge in [0.15, 0.2) is 0 Å². The van der Waals surface area contributed by atoms with Crippen LogP contribution in [-0.4, -0.2) is 70.8 Å². The molecule has 8 nitrogen and oxygen atoms in total. The third-order valence-electron chi connectivity index (χ3n) is 4.93. The van der Waals surface area contributed by atoms with Gasteiger partial charge in [0, 0.05) is 50.4 Å². The van der Waals surface area contributed by atoms with Crippen LogP contribution in [0.5, 0.6) is 0 Å². The van der Waals surface area contributed by atoms with Crippen LogP contribution in [0.4, 0.5) is 5.95 Å². The number of nitrogens with zero attached hydrogens (tertiary/aromatic N) is 5. The first-order chi connectivity index (χ1) is 13.4. The SMILES string of the molecule is c1cnc(-c2cnc(NCCCN3CCOCC3)nc2[C@H]2CCCO2)cn1. The van der Waals surface area contributed by atoms with Crippen molar-refractivity contribution in [3.63, 3.8) is 0 Å². The van der Waals surface area contributed by atoms with Crippen LogP contribution in [0.1, 0.15) is 31.1 Å². The number of rotatable bonds is 7. The van der Waals surface area contributed by atoms with Gasteiger partial charge in [-0.3, -0.25) is 14.9 Å². The first kappa shape index (κ1) is 18.2. The Bertz CT molecular complexity index is 717. The average molecular weight is 370 g/mol. The molecule has 27 heavy (non-hydrogen) atoms. The van der Waals surface area contributed by atoms with Crippen molar-refractivity contribution >= 4 is 5.95 Å². The molecular weight excluding hydrogens is 344 g/mol. The van der Waals surface area contributed by atoms with Gasteiger partial charge < -0.3 is 14.8 Å².